The Kier molecular flexibility index (Phi) is 6.17. The van der Waals surface area contributed by atoms with Gasteiger partial charge in [-0.1, -0.05) is 0 Å². The van der Waals surface area contributed by atoms with E-state index in [-0.39, 0.29) is 28.5 Å². The fraction of sp³-hybridized carbons (Fsp3) is 0. The molecular formula is C25H17F3N2O3. The number of carboxylic acid groups (broad SMARTS) is 1. The molecule has 4 aromatic rings. The first-order valence-corrected chi connectivity index (χ1v) is 9.77. The van der Waals surface area contributed by atoms with Gasteiger partial charge in [0.2, 0.25) is 0 Å². The van der Waals surface area contributed by atoms with Crippen molar-refractivity contribution in [3.8, 4) is 11.5 Å². The first-order chi connectivity index (χ1) is 15.9. The molecule has 0 amide bonds. The van der Waals surface area contributed by atoms with E-state index in [1.807, 2.05) is 0 Å². The third-order valence-electron chi connectivity index (χ3n) is 4.64. The van der Waals surface area contributed by atoms with Crippen LogP contribution in [0.3, 0.4) is 0 Å². The van der Waals surface area contributed by atoms with E-state index in [0.29, 0.717) is 5.75 Å². The van der Waals surface area contributed by atoms with Crippen molar-refractivity contribution in [1.29, 1.82) is 0 Å². The van der Waals surface area contributed by atoms with Gasteiger partial charge in [0.25, 0.3) is 0 Å². The molecular weight excluding hydrogens is 433 g/mol. The van der Waals surface area contributed by atoms with Crippen molar-refractivity contribution in [2.24, 2.45) is 0 Å². The highest BCUT2D eigenvalue weighted by Gasteiger charge is 2.13. The zero-order valence-electron chi connectivity index (χ0n) is 17.0. The first kappa shape index (κ1) is 21.8. The van der Waals surface area contributed by atoms with Crippen molar-refractivity contribution in [2.75, 3.05) is 10.6 Å². The van der Waals surface area contributed by atoms with Crippen molar-refractivity contribution in [2.45, 2.75) is 0 Å². The van der Waals surface area contributed by atoms with Crippen molar-refractivity contribution in [3.05, 3.63) is 108 Å². The van der Waals surface area contributed by atoms with Gasteiger partial charge in [-0.3, -0.25) is 0 Å². The number of anilines is 4. The maximum absolute atomic E-state index is 13.4. The van der Waals surface area contributed by atoms with E-state index < -0.39 is 17.6 Å². The molecule has 0 atom stereocenters. The number of aromatic carboxylic acids is 1. The highest BCUT2D eigenvalue weighted by atomic mass is 19.2. The molecule has 4 rings (SSSR count). The Bertz CT molecular complexity index is 1290. The molecule has 0 aliphatic heterocycles. The van der Waals surface area contributed by atoms with Gasteiger partial charge >= 0.3 is 5.97 Å². The van der Waals surface area contributed by atoms with E-state index in [4.69, 9.17) is 4.74 Å². The fourth-order valence-corrected chi connectivity index (χ4v) is 3.04. The van der Waals surface area contributed by atoms with Gasteiger partial charge in [-0.25, -0.2) is 18.0 Å². The van der Waals surface area contributed by atoms with E-state index in [0.717, 1.165) is 23.5 Å². The normalized spacial score (nSPS) is 10.5. The lowest BCUT2D eigenvalue weighted by Gasteiger charge is -2.13. The van der Waals surface area contributed by atoms with Crippen molar-refractivity contribution < 1.29 is 27.8 Å². The smallest absolute Gasteiger partial charge is 0.337 e. The second-order valence-corrected chi connectivity index (χ2v) is 7.02. The van der Waals surface area contributed by atoms with Crippen LogP contribution in [0.4, 0.5) is 35.9 Å². The second-order valence-electron chi connectivity index (χ2n) is 7.02. The minimum absolute atomic E-state index is 0.105. The van der Waals surface area contributed by atoms with Gasteiger partial charge < -0.3 is 20.5 Å². The van der Waals surface area contributed by atoms with Crippen LogP contribution in [0.25, 0.3) is 0 Å². The van der Waals surface area contributed by atoms with E-state index in [1.54, 1.807) is 42.5 Å². The number of carboxylic acids is 1. The third kappa shape index (κ3) is 5.43. The van der Waals surface area contributed by atoms with Crippen LogP contribution in [-0.2, 0) is 0 Å². The van der Waals surface area contributed by atoms with E-state index in [9.17, 15) is 23.1 Å². The molecule has 0 unspecified atom stereocenters. The summed E-state index contributed by atoms with van der Waals surface area (Å²) >= 11 is 0. The predicted octanol–water partition coefficient (Wildman–Crippen LogP) is 7.08. The molecule has 0 aliphatic rings. The Morgan fingerprint density at radius 3 is 1.91 bits per heavy atom. The molecule has 0 saturated heterocycles. The third-order valence-corrected chi connectivity index (χ3v) is 4.64. The lowest BCUT2D eigenvalue weighted by atomic mass is 10.1. The molecule has 0 spiro atoms. The van der Waals surface area contributed by atoms with Crippen LogP contribution in [0.2, 0.25) is 0 Å². The minimum atomic E-state index is -1.22. The zero-order chi connectivity index (χ0) is 23.4. The summed E-state index contributed by atoms with van der Waals surface area (Å²) < 4.78 is 45.3. The number of nitrogens with one attached hydrogen (secondary N) is 2. The fourth-order valence-electron chi connectivity index (χ4n) is 3.04. The maximum Gasteiger partial charge on any atom is 0.337 e. The largest absolute Gasteiger partial charge is 0.478 e. The highest BCUT2D eigenvalue weighted by Crippen LogP contribution is 2.30. The standard InChI is InChI=1S/C25H17F3N2O3/c26-15-1-3-16(4-2-15)29-17-5-8-19(9-6-17)33-20-10-12-24(21(14-20)25(31)32)30-18-7-11-22(27)23(28)13-18/h1-14,29-30H,(H,31,32). The average molecular weight is 450 g/mol. The molecule has 4 aromatic carbocycles. The van der Waals surface area contributed by atoms with Gasteiger partial charge in [-0.15, -0.1) is 0 Å². The van der Waals surface area contributed by atoms with E-state index in [1.165, 1.54) is 30.3 Å². The Hall–Kier alpha value is -4.46. The van der Waals surface area contributed by atoms with Crippen LogP contribution in [0.5, 0.6) is 11.5 Å². The van der Waals surface area contributed by atoms with E-state index in [2.05, 4.69) is 10.6 Å². The van der Waals surface area contributed by atoms with Gasteiger partial charge in [-0.2, -0.15) is 0 Å². The van der Waals surface area contributed by atoms with Crippen LogP contribution in [0.15, 0.2) is 84.9 Å². The quantitative estimate of drug-likeness (QED) is 0.281. The topological polar surface area (TPSA) is 70.6 Å². The van der Waals surface area contributed by atoms with Crippen molar-refractivity contribution >= 4 is 28.7 Å². The van der Waals surface area contributed by atoms with Gasteiger partial charge in [0.15, 0.2) is 11.6 Å². The Morgan fingerprint density at radius 2 is 1.27 bits per heavy atom. The number of carbonyl (C=O) groups is 1. The molecule has 33 heavy (non-hydrogen) atoms. The number of hydrogen-bond acceptors (Lipinski definition) is 4. The Morgan fingerprint density at radius 1 is 0.667 bits per heavy atom. The first-order valence-electron chi connectivity index (χ1n) is 9.77. The lowest BCUT2D eigenvalue weighted by molar-refractivity contribution is 0.0697. The maximum atomic E-state index is 13.4. The summed E-state index contributed by atoms with van der Waals surface area (Å²) in [6.07, 6.45) is 0. The molecule has 0 bridgehead atoms. The van der Waals surface area contributed by atoms with Crippen LogP contribution in [0, 0.1) is 17.5 Å². The summed E-state index contributed by atoms with van der Waals surface area (Å²) in [5, 5.41) is 15.5. The monoisotopic (exact) mass is 450 g/mol. The minimum Gasteiger partial charge on any atom is -0.478 e. The number of hydrogen-bond donors (Lipinski definition) is 3. The van der Waals surface area contributed by atoms with E-state index >= 15 is 0 Å². The summed E-state index contributed by atoms with van der Waals surface area (Å²) in [6.45, 7) is 0. The molecule has 5 nitrogen and oxygen atoms in total. The molecule has 0 aliphatic carbocycles. The zero-order valence-corrected chi connectivity index (χ0v) is 17.0. The highest BCUT2D eigenvalue weighted by molar-refractivity contribution is 5.95. The summed E-state index contributed by atoms with van der Waals surface area (Å²) in [6, 6.07) is 20.4. The van der Waals surface area contributed by atoms with Crippen LogP contribution < -0.4 is 15.4 Å². The molecule has 0 fully saturated rings. The van der Waals surface area contributed by atoms with Crippen LogP contribution >= 0.6 is 0 Å². The Balaban J connectivity index is 1.48. The Labute approximate surface area is 187 Å². The predicted molar refractivity (Wildman–Crippen MR) is 119 cm³/mol. The summed E-state index contributed by atoms with van der Waals surface area (Å²) in [4.78, 5) is 11.7. The number of halogens is 3. The molecule has 8 heteroatoms. The number of benzene rings is 4. The molecule has 3 N–H and O–H groups in total. The van der Waals surface area contributed by atoms with Gasteiger partial charge in [-0.05, 0) is 78.9 Å². The molecule has 0 aromatic heterocycles. The summed E-state index contributed by atoms with van der Waals surface area (Å²) in [5.74, 6) is -2.84. The van der Waals surface area contributed by atoms with Crippen LogP contribution in [0.1, 0.15) is 10.4 Å². The van der Waals surface area contributed by atoms with Gasteiger partial charge in [0, 0.05) is 23.1 Å². The van der Waals surface area contributed by atoms with Gasteiger partial charge in [0.05, 0.1) is 11.3 Å². The molecule has 0 heterocycles. The summed E-state index contributed by atoms with van der Waals surface area (Å²) in [5.41, 5.74) is 1.77. The number of ether oxygens (including phenoxy) is 1. The van der Waals surface area contributed by atoms with Gasteiger partial charge in [0.1, 0.15) is 17.3 Å². The summed E-state index contributed by atoms with van der Waals surface area (Å²) in [7, 11) is 0. The second kappa shape index (κ2) is 9.35. The number of rotatable bonds is 7. The average Bonchev–Trinajstić information content (AvgIpc) is 2.80. The lowest BCUT2D eigenvalue weighted by Crippen LogP contribution is -2.03. The SMILES string of the molecule is O=C(O)c1cc(Oc2ccc(Nc3ccc(F)cc3)cc2)ccc1Nc1ccc(F)c(F)c1. The van der Waals surface area contributed by atoms with Crippen LogP contribution in [-0.4, -0.2) is 11.1 Å². The molecule has 166 valence electrons. The molecule has 0 saturated carbocycles. The van der Waals surface area contributed by atoms with Crippen molar-refractivity contribution in [1.82, 2.24) is 0 Å². The van der Waals surface area contributed by atoms with Crippen molar-refractivity contribution in [3.63, 3.8) is 0 Å². The molecule has 0 radical (unpaired) electrons.